The highest BCUT2D eigenvalue weighted by Gasteiger charge is 2.21. The summed E-state index contributed by atoms with van der Waals surface area (Å²) in [7, 11) is 0. The molecule has 16 heteroatoms. The van der Waals surface area contributed by atoms with Crippen LogP contribution in [0.4, 0.5) is 0 Å². The van der Waals surface area contributed by atoms with Gasteiger partial charge < -0.3 is 47.4 Å². The molecule has 0 heterocycles. The Kier molecular flexibility index (Phi) is 20.3. The third-order valence-electron chi connectivity index (χ3n) is 11.3. The van der Waals surface area contributed by atoms with E-state index in [1.807, 2.05) is 91.0 Å². The van der Waals surface area contributed by atoms with Gasteiger partial charge in [0.1, 0.15) is 55.9 Å². The van der Waals surface area contributed by atoms with Crippen molar-refractivity contribution in [3.63, 3.8) is 0 Å². The first-order valence-corrected chi connectivity index (χ1v) is 23.9. The van der Waals surface area contributed by atoms with Crippen LogP contribution in [0.1, 0.15) is 76.0 Å². The van der Waals surface area contributed by atoms with Gasteiger partial charge in [0, 0.05) is 0 Å². The van der Waals surface area contributed by atoms with E-state index in [2.05, 4.69) is 0 Å². The first kappa shape index (κ1) is 53.9. The number of esters is 3. The van der Waals surface area contributed by atoms with Crippen molar-refractivity contribution < 1.29 is 76.3 Å². The third kappa shape index (κ3) is 16.1. The Balaban J connectivity index is 0.745. The van der Waals surface area contributed by atoms with E-state index in [-0.39, 0.29) is 46.8 Å². The summed E-state index contributed by atoms with van der Waals surface area (Å²) in [4.78, 5) is 60.4. The standard InChI is InChI=1S/C58H58O16/c1-39(67-36-70-48-25-19-45(20-26-48)55(74-73-34-42(4)66-35-59)53-17-9-13-43-11-5-7-15-51(43)53)31-63-56(60)46-21-27-49(28-22-46)71-37-68-40(2)32-64-57(61)47-23-29-50(30-24-47)72-38-69-41(3)33-65-58(62)54-18-10-14-44-12-6-8-16-52(44)54/h5-30,35,39-42,55H,31-34,36-38H2,1-4H3. The molecule has 0 aliphatic carbocycles. The lowest BCUT2D eigenvalue weighted by molar-refractivity contribution is -0.326. The summed E-state index contributed by atoms with van der Waals surface area (Å²) < 4.78 is 55.5. The Morgan fingerprint density at radius 1 is 0.446 bits per heavy atom. The molecule has 7 rings (SSSR count). The van der Waals surface area contributed by atoms with E-state index in [1.54, 1.807) is 94.4 Å². The molecule has 5 atom stereocenters. The summed E-state index contributed by atoms with van der Waals surface area (Å²) in [6.07, 6.45) is -2.46. The predicted octanol–water partition coefficient (Wildman–Crippen LogP) is 10.4. The van der Waals surface area contributed by atoms with Gasteiger partial charge in [0.15, 0.2) is 20.4 Å². The average molecular weight is 1010 g/mol. The first-order chi connectivity index (χ1) is 36.0. The third-order valence-corrected chi connectivity index (χ3v) is 11.3. The molecule has 7 aromatic carbocycles. The smallest absolute Gasteiger partial charge is 0.338 e. The van der Waals surface area contributed by atoms with Gasteiger partial charge in [0.05, 0.1) is 35.0 Å². The van der Waals surface area contributed by atoms with Gasteiger partial charge in [0.25, 0.3) is 6.47 Å². The van der Waals surface area contributed by atoms with Crippen LogP contribution in [0.3, 0.4) is 0 Å². The van der Waals surface area contributed by atoms with Crippen LogP contribution in [-0.2, 0) is 47.7 Å². The maximum atomic E-state index is 12.8. The fourth-order valence-corrected chi connectivity index (χ4v) is 7.24. The maximum Gasteiger partial charge on any atom is 0.338 e. The number of fused-ring (bicyclic) bond motifs is 2. The second kappa shape index (κ2) is 27.8. The molecule has 0 aromatic heterocycles. The van der Waals surface area contributed by atoms with Crippen LogP contribution in [-0.4, -0.2) is 95.6 Å². The molecular weight excluding hydrogens is 953 g/mol. The maximum absolute atomic E-state index is 12.8. The molecule has 0 spiro atoms. The molecule has 16 nitrogen and oxygen atoms in total. The van der Waals surface area contributed by atoms with E-state index in [0.717, 1.165) is 32.7 Å². The largest absolute Gasteiger partial charge is 0.468 e. The molecule has 0 bridgehead atoms. The zero-order chi connectivity index (χ0) is 52.1. The van der Waals surface area contributed by atoms with Crippen molar-refractivity contribution in [2.75, 3.05) is 46.8 Å². The monoisotopic (exact) mass is 1010 g/mol. The lowest BCUT2D eigenvalue weighted by atomic mass is 9.96. The Morgan fingerprint density at radius 2 is 0.878 bits per heavy atom. The fraction of sp³-hybridized carbons (Fsp3) is 0.276. The minimum Gasteiger partial charge on any atom is -0.468 e. The van der Waals surface area contributed by atoms with E-state index in [1.165, 1.54) is 0 Å². The van der Waals surface area contributed by atoms with Gasteiger partial charge in [-0.25, -0.2) is 24.2 Å². The van der Waals surface area contributed by atoms with Gasteiger partial charge >= 0.3 is 17.9 Å². The molecule has 0 aliphatic heterocycles. The molecule has 0 radical (unpaired) electrons. The Bertz CT molecular complexity index is 2880. The molecule has 0 aliphatic rings. The summed E-state index contributed by atoms with van der Waals surface area (Å²) in [6, 6.07) is 47.1. The highest BCUT2D eigenvalue weighted by atomic mass is 17.2. The van der Waals surface area contributed by atoms with E-state index in [4.69, 9.17) is 57.1 Å². The van der Waals surface area contributed by atoms with Crippen LogP contribution >= 0.6 is 0 Å². The summed E-state index contributed by atoms with van der Waals surface area (Å²) >= 11 is 0. The second-order valence-corrected chi connectivity index (χ2v) is 17.0. The van der Waals surface area contributed by atoms with Crippen LogP contribution < -0.4 is 14.2 Å². The lowest BCUT2D eigenvalue weighted by Crippen LogP contribution is -2.21. The molecule has 386 valence electrons. The molecule has 7 aromatic rings. The predicted molar refractivity (Wildman–Crippen MR) is 272 cm³/mol. The van der Waals surface area contributed by atoms with Crippen molar-refractivity contribution in [3.05, 3.63) is 186 Å². The minimum atomic E-state index is -0.594. The van der Waals surface area contributed by atoms with Gasteiger partial charge in [-0.15, -0.1) is 0 Å². The Morgan fingerprint density at radius 3 is 1.39 bits per heavy atom. The topological polar surface area (TPSA) is 179 Å². The van der Waals surface area contributed by atoms with Crippen LogP contribution in [0, 0.1) is 0 Å². The summed E-state index contributed by atoms with van der Waals surface area (Å²) in [6.45, 7) is 7.09. The molecule has 0 amide bonds. The quantitative estimate of drug-likeness (QED) is 0.0108. The van der Waals surface area contributed by atoms with Gasteiger partial charge in [-0.3, -0.25) is 4.79 Å². The summed E-state index contributed by atoms with van der Waals surface area (Å²) in [5, 5.41) is 3.82. The number of hydrogen-bond donors (Lipinski definition) is 0. The number of ether oxygens (including phenoxy) is 10. The van der Waals surface area contributed by atoms with Crippen molar-refractivity contribution in [1.29, 1.82) is 0 Å². The minimum absolute atomic E-state index is 0.0121. The van der Waals surface area contributed by atoms with Crippen LogP contribution in [0.25, 0.3) is 21.5 Å². The Hall–Kier alpha value is -7.86. The number of carbonyl (C=O) groups excluding carboxylic acids is 4. The van der Waals surface area contributed by atoms with Crippen LogP contribution in [0.2, 0.25) is 0 Å². The van der Waals surface area contributed by atoms with Gasteiger partial charge in [-0.2, -0.15) is 0 Å². The highest BCUT2D eigenvalue weighted by molar-refractivity contribution is 6.04. The molecule has 5 unspecified atom stereocenters. The van der Waals surface area contributed by atoms with Crippen molar-refractivity contribution in [2.24, 2.45) is 0 Å². The van der Waals surface area contributed by atoms with Crippen LogP contribution in [0.15, 0.2) is 158 Å². The molecular formula is C58H58O16. The number of hydrogen-bond acceptors (Lipinski definition) is 16. The molecule has 0 saturated carbocycles. The van der Waals surface area contributed by atoms with Crippen molar-refractivity contribution in [2.45, 2.75) is 58.2 Å². The van der Waals surface area contributed by atoms with E-state index >= 15 is 0 Å². The van der Waals surface area contributed by atoms with E-state index in [9.17, 15) is 19.2 Å². The SMILES string of the molecule is CC(COOC(c1ccc(OCOC(C)COC(=O)c2ccc(OCOC(C)COC(=O)c3ccc(OCOC(C)COC(=O)c4cccc5ccccc45)cc3)cc2)cc1)c1cccc2ccccc12)OC=O. The molecule has 0 N–H and O–H groups in total. The van der Waals surface area contributed by atoms with E-state index < -0.39 is 48.4 Å². The lowest BCUT2D eigenvalue weighted by Gasteiger charge is -2.21. The molecule has 0 saturated heterocycles. The van der Waals surface area contributed by atoms with Gasteiger partial charge in [-0.05, 0) is 127 Å². The second-order valence-electron chi connectivity index (χ2n) is 17.0. The molecule has 74 heavy (non-hydrogen) atoms. The molecule has 0 fully saturated rings. The summed E-state index contributed by atoms with van der Waals surface area (Å²) in [5.41, 5.74) is 2.83. The Labute approximate surface area is 428 Å². The number of rotatable bonds is 29. The van der Waals surface area contributed by atoms with Gasteiger partial charge in [-0.1, -0.05) is 91.0 Å². The van der Waals surface area contributed by atoms with Crippen LogP contribution in [0.5, 0.6) is 17.2 Å². The number of benzene rings is 7. The van der Waals surface area contributed by atoms with Crippen molar-refractivity contribution >= 4 is 45.9 Å². The van der Waals surface area contributed by atoms with Crippen molar-refractivity contribution in [3.8, 4) is 17.2 Å². The first-order valence-electron chi connectivity index (χ1n) is 23.9. The van der Waals surface area contributed by atoms with E-state index in [0.29, 0.717) is 40.4 Å². The fourth-order valence-electron chi connectivity index (χ4n) is 7.24. The van der Waals surface area contributed by atoms with Crippen molar-refractivity contribution in [1.82, 2.24) is 0 Å². The zero-order valence-corrected chi connectivity index (χ0v) is 41.5. The normalized spacial score (nSPS) is 13.2. The highest BCUT2D eigenvalue weighted by Crippen LogP contribution is 2.33. The van der Waals surface area contributed by atoms with Gasteiger partial charge in [0.2, 0.25) is 0 Å². The number of carbonyl (C=O) groups is 4. The summed E-state index contributed by atoms with van der Waals surface area (Å²) in [5.74, 6) is -0.0337. The average Bonchev–Trinajstić information content (AvgIpc) is 3.42. The zero-order valence-electron chi connectivity index (χ0n) is 41.5.